The van der Waals surface area contributed by atoms with Crippen LogP contribution in [0, 0.1) is 5.92 Å². The molecule has 3 heterocycles. The normalized spacial score (nSPS) is 14.2. The summed E-state index contributed by atoms with van der Waals surface area (Å²) in [7, 11) is 0. The van der Waals surface area contributed by atoms with Crippen LogP contribution in [0.25, 0.3) is 11.3 Å². The summed E-state index contributed by atoms with van der Waals surface area (Å²) in [5.41, 5.74) is 1.92. The summed E-state index contributed by atoms with van der Waals surface area (Å²) in [4.78, 5) is 12.2. The summed E-state index contributed by atoms with van der Waals surface area (Å²) in [6.45, 7) is 1.83. The van der Waals surface area contributed by atoms with Crippen LogP contribution >= 0.6 is 0 Å². The quantitative estimate of drug-likeness (QED) is 0.602. The molecule has 30 heavy (non-hydrogen) atoms. The molecular formula is C21H20F3N5O. The number of nitrogens with one attached hydrogen (secondary N) is 2. The third-order valence-corrected chi connectivity index (χ3v) is 4.72. The molecule has 1 saturated heterocycles. The zero-order chi connectivity index (χ0) is 21.0. The molecule has 2 N–H and O–H groups in total. The van der Waals surface area contributed by atoms with Gasteiger partial charge in [-0.1, -0.05) is 30.3 Å². The summed E-state index contributed by atoms with van der Waals surface area (Å²) >= 11 is 0. The molecule has 1 aromatic carbocycles. The Labute approximate surface area is 171 Å². The van der Waals surface area contributed by atoms with Crippen LogP contribution in [0.5, 0.6) is 0 Å². The second kappa shape index (κ2) is 8.66. The van der Waals surface area contributed by atoms with Crippen molar-refractivity contribution in [1.82, 2.24) is 15.0 Å². The van der Waals surface area contributed by atoms with Crippen LogP contribution in [0.1, 0.15) is 11.1 Å². The number of halogens is 3. The lowest BCUT2D eigenvalue weighted by Crippen LogP contribution is -2.34. The van der Waals surface area contributed by atoms with Crippen molar-refractivity contribution < 1.29 is 17.9 Å². The van der Waals surface area contributed by atoms with Crippen molar-refractivity contribution in [3.05, 3.63) is 66.0 Å². The summed E-state index contributed by atoms with van der Waals surface area (Å²) in [6.07, 6.45) is -1.99. The first kappa shape index (κ1) is 20.1. The highest BCUT2D eigenvalue weighted by molar-refractivity contribution is 5.59. The van der Waals surface area contributed by atoms with Gasteiger partial charge >= 0.3 is 6.18 Å². The lowest BCUT2D eigenvalue weighted by molar-refractivity contribution is -0.137. The monoisotopic (exact) mass is 415 g/mol. The molecule has 6 nitrogen and oxygen atoms in total. The predicted octanol–water partition coefficient (Wildman–Crippen LogP) is 4.23. The number of hydrogen-bond acceptors (Lipinski definition) is 6. The van der Waals surface area contributed by atoms with Crippen LogP contribution in [0.2, 0.25) is 0 Å². The van der Waals surface area contributed by atoms with Crippen LogP contribution in [-0.4, -0.2) is 34.7 Å². The zero-order valence-electron chi connectivity index (χ0n) is 16.0. The number of benzene rings is 1. The largest absolute Gasteiger partial charge is 0.421 e. The fourth-order valence-corrected chi connectivity index (χ4v) is 2.96. The average Bonchev–Trinajstić information content (AvgIpc) is 2.71. The SMILES string of the molecule is FC(F)(F)c1cnc(NCc2ccc(-c3ccccn3)cc2)nc1NCC1COC1. The first-order chi connectivity index (χ1) is 14.5. The van der Waals surface area contributed by atoms with Gasteiger partial charge in [0.05, 0.1) is 18.9 Å². The van der Waals surface area contributed by atoms with Crippen LogP contribution < -0.4 is 10.6 Å². The van der Waals surface area contributed by atoms with Crippen molar-refractivity contribution in [3.8, 4) is 11.3 Å². The number of rotatable bonds is 7. The Morgan fingerprint density at radius 2 is 1.80 bits per heavy atom. The number of alkyl halides is 3. The highest BCUT2D eigenvalue weighted by Gasteiger charge is 2.35. The van der Waals surface area contributed by atoms with E-state index in [0.29, 0.717) is 26.3 Å². The molecule has 0 aliphatic carbocycles. The maximum atomic E-state index is 13.3. The van der Waals surface area contributed by atoms with Gasteiger partial charge in [-0.05, 0) is 17.7 Å². The summed E-state index contributed by atoms with van der Waals surface area (Å²) in [5, 5.41) is 5.77. The van der Waals surface area contributed by atoms with Crippen molar-refractivity contribution in [2.45, 2.75) is 12.7 Å². The molecule has 1 fully saturated rings. The van der Waals surface area contributed by atoms with E-state index in [-0.39, 0.29) is 17.7 Å². The average molecular weight is 415 g/mol. The van der Waals surface area contributed by atoms with Crippen molar-refractivity contribution in [3.63, 3.8) is 0 Å². The predicted molar refractivity (Wildman–Crippen MR) is 107 cm³/mol. The maximum absolute atomic E-state index is 13.3. The third kappa shape index (κ3) is 4.85. The number of aromatic nitrogens is 3. The molecule has 2 aromatic heterocycles. The van der Waals surface area contributed by atoms with E-state index in [4.69, 9.17) is 4.74 Å². The van der Waals surface area contributed by atoms with E-state index in [1.54, 1.807) is 6.20 Å². The van der Waals surface area contributed by atoms with Gasteiger partial charge in [0.2, 0.25) is 5.95 Å². The van der Waals surface area contributed by atoms with Gasteiger partial charge in [-0.15, -0.1) is 0 Å². The smallest absolute Gasteiger partial charge is 0.381 e. The Balaban J connectivity index is 1.43. The molecule has 156 valence electrons. The molecule has 0 bridgehead atoms. The van der Waals surface area contributed by atoms with Crippen LogP contribution in [0.15, 0.2) is 54.9 Å². The Hall–Kier alpha value is -3.20. The first-order valence-corrected chi connectivity index (χ1v) is 9.49. The summed E-state index contributed by atoms with van der Waals surface area (Å²) < 4.78 is 44.8. The molecule has 3 aromatic rings. The second-order valence-electron chi connectivity index (χ2n) is 7.00. The van der Waals surface area contributed by atoms with E-state index >= 15 is 0 Å². The number of anilines is 2. The van der Waals surface area contributed by atoms with Crippen LogP contribution in [0.3, 0.4) is 0 Å². The zero-order valence-corrected chi connectivity index (χ0v) is 16.0. The van der Waals surface area contributed by atoms with Gasteiger partial charge in [0, 0.05) is 37.0 Å². The molecule has 0 radical (unpaired) electrons. The Morgan fingerprint density at radius 1 is 1.00 bits per heavy atom. The Bertz CT molecular complexity index is 976. The third-order valence-electron chi connectivity index (χ3n) is 4.72. The van der Waals surface area contributed by atoms with Gasteiger partial charge in [-0.25, -0.2) is 4.98 Å². The molecule has 1 aliphatic heterocycles. The Kier molecular flexibility index (Phi) is 5.80. The minimum absolute atomic E-state index is 0.129. The molecule has 0 saturated carbocycles. The molecule has 1 aliphatic rings. The molecule has 9 heteroatoms. The minimum atomic E-state index is -4.53. The van der Waals surface area contributed by atoms with Gasteiger partial charge in [-0.2, -0.15) is 18.2 Å². The van der Waals surface area contributed by atoms with E-state index in [2.05, 4.69) is 25.6 Å². The lowest BCUT2D eigenvalue weighted by atomic mass is 10.1. The molecule has 0 spiro atoms. The van der Waals surface area contributed by atoms with Gasteiger partial charge in [0.15, 0.2) is 0 Å². The lowest BCUT2D eigenvalue weighted by Gasteiger charge is -2.26. The van der Waals surface area contributed by atoms with Gasteiger partial charge in [0.1, 0.15) is 11.4 Å². The topological polar surface area (TPSA) is 72.0 Å². The minimum Gasteiger partial charge on any atom is -0.381 e. The van der Waals surface area contributed by atoms with Crippen molar-refractivity contribution >= 4 is 11.8 Å². The van der Waals surface area contributed by atoms with E-state index in [0.717, 1.165) is 23.0 Å². The number of hydrogen-bond donors (Lipinski definition) is 2. The molecule has 0 unspecified atom stereocenters. The first-order valence-electron chi connectivity index (χ1n) is 9.49. The Morgan fingerprint density at radius 3 is 2.43 bits per heavy atom. The van der Waals surface area contributed by atoms with Crippen molar-refractivity contribution in [2.75, 3.05) is 30.4 Å². The molecular weight excluding hydrogens is 395 g/mol. The summed E-state index contributed by atoms with van der Waals surface area (Å²) in [5.74, 6) is 0.0941. The van der Waals surface area contributed by atoms with Crippen LogP contribution in [-0.2, 0) is 17.5 Å². The van der Waals surface area contributed by atoms with Crippen molar-refractivity contribution in [1.29, 1.82) is 0 Å². The fraction of sp³-hybridized carbons (Fsp3) is 0.286. The second-order valence-corrected chi connectivity index (χ2v) is 7.00. The van der Waals surface area contributed by atoms with E-state index < -0.39 is 11.7 Å². The molecule has 0 amide bonds. The highest BCUT2D eigenvalue weighted by atomic mass is 19.4. The number of nitrogens with zero attached hydrogens (tertiary/aromatic N) is 3. The number of pyridine rings is 1. The maximum Gasteiger partial charge on any atom is 0.421 e. The van der Waals surface area contributed by atoms with Gasteiger partial charge in [-0.3, -0.25) is 4.98 Å². The molecule has 4 rings (SSSR count). The summed E-state index contributed by atoms with van der Waals surface area (Å²) in [6, 6.07) is 13.4. The fourth-order valence-electron chi connectivity index (χ4n) is 2.96. The van der Waals surface area contributed by atoms with E-state index in [1.807, 2.05) is 42.5 Å². The van der Waals surface area contributed by atoms with Gasteiger partial charge in [0.25, 0.3) is 0 Å². The molecule has 0 atom stereocenters. The standard InChI is InChI=1S/C21H20F3N5O/c22-21(23,24)17-11-28-20(29-19(17)26-10-15-12-30-13-15)27-9-14-4-6-16(7-5-14)18-3-1-2-8-25-18/h1-8,11,15H,9-10,12-13H2,(H2,26,27,28,29). The van der Waals surface area contributed by atoms with Crippen LogP contribution in [0.4, 0.5) is 24.9 Å². The van der Waals surface area contributed by atoms with Crippen molar-refractivity contribution in [2.24, 2.45) is 5.92 Å². The van der Waals surface area contributed by atoms with E-state index in [9.17, 15) is 13.2 Å². The van der Waals surface area contributed by atoms with E-state index in [1.165, 1.54) is 0 Å². The van der Waals surface area contributed by atoms with Gasteiger partial charge < -0.3 is 15.4 Å². The highest BCUT2D eigenvalue weighted by Crippen LogP contribution is 2.34. The number of ether oxygens (including phenoxy) is 1.